The van der Waals surface area contributed by atoms with Gasteiger partial charge in [-0.1, -0.05) is 6.07 Å². The van der Waals surface area contributed by atoms with E-state index in [-0.39, 0.29) is 11.5 Å². The van der Waals surface area contributed by atoms with Crippen molar-refractivity contribution in [3.63, 3.8) is 0 Å². The first-order valence-corrected chi connectivity index (χ1v) is 8.54. The zero-order chi connectivity index (χ0) is 20.1. The number of esters is 1. The highest BCUT2D eigenvalue weighted by Gasteiger charge is 2.41. The number of ether oxygens (including phenoxy) is 3. The molecule has 9 nitrogen and oxygen atoms in total. The predicted octanol–water partition coefficient (Wildman–Crippen LogP) is 1.16. The summed E-state index contributed by atoms with van der Waals surface area (Å²) < 4.78 is 15.0. The van der Waals surface area contributed by atoms with Gasteiger partial charge in [0, 0.05) is 0 Å². The van der Waals surface area contributed by atoms with Gasteiger partial charge in [0.05, 0.1) is 19.1 Å². The lowest BCUT2D eigenvalue weighted by molar-refractivity contribution is -0.148. The van der Waals surface area contributed by atoms with Crippen LogP contribution in [0.2, 0.25) is 0 Å². The van der Waals surface area contributed by atoms with Crippen molar-refractivity contribution in [3.8, 4) is 11.5 Å². The average Bonchev–Trinajstić information content (AvgIpc) is 2.92. The fourth-order valence-corrected chi connectivity index (χ4v) is 3.19. The molecule has 0 spiro atoms. The lowest BCUT2D eigenvalue weighted by Crippen LogP contribution is -2.42. The maximum atomic E-state index is 12.5. The summed E-state index contributed by atoms with van der Waals surface area (Å²) in [6, 6.07) is 3.73. The summed E-state index contributed by atoms with van der Waals surface area (Å²) >= 11 is 0.722. The Labute approximate surface area is 159 Å². The number of carbonyl (C=O) groups excluding carboxylic acids is 4. The van der Waals surface area contributed by atoms with Crippen molar-refractivity contribution in [1.29, 1.82) is 0 Å². The molecule has 0 unspecified atom stereocenters. The molecule has 1 fully saturated rings. The molecule has 1 saturated heterocycles. The molecule has 0 aromatic heterocycles. The largest absolute Gasteiger partial charge is 0.493 e. The topological polar surface area (TPSA) is 125 Å². The van der Waals surface area contributed by atoms with Crippen molar-refractivity contribution in [2.45, 2.75) is 13.0 Å². The van der Waals surface area contributed by atoms with Crippen molar-refractivity contribution in [3.05, 3.63) is 28.7 Å². The van der Waals surface area contributed by atoms with Crippen LogP contribution in [0.1, 0.15) is 12.5 Å². The van der Waals surface area contributed by atoms with Crippen LogP contribution in [0.15, 0.2) is 23.1 Å². The van der Waals surface area contributed by atoms with Crippen LogP contribution in [0, 0.1) is 0 Å². The lowest BCUT2D eigenvalue weighted by atomic mass is 10.1. The first-order valence-electron chi connectivity index (χ1n) is 7.72. The van der Waals surface area contributed by atoms with E-state index in [0.717, 1.165) is 16.7 Å². The summed E-state index contributed by atoms with van der Waals surface area (Å²) in [5.41, 5.74) is 5.61. The third kappa shape index (κ3) is 4.59. The Balaban J connectivity index is 2.25. The predicted molar refractivity (Wildman–Crippen MR) is 97.0 cm³/mol. The summed E-state index contributed by atoms with van der Waals surface area (Å²) in [5, 5.41) is -0.558. The molecule has 1 aromatic rings. The van der Waals surface area contributed by atoms with E-state index in [1.165, 1.54) is 27.2 Å². The highest BCUT2D eigenvalue weighted by atomic mass is 32.2. The summed E-state index contributed by atoms with van der Waals surface area (Å²) in [6.45, 7) is 1.11. The molecule has 0 saturated carbocycles. The van der Waals surface area contributed by atoms with Crippen LogP contribution in [0.25, 0.3) is 6.08 Å². The number of carbonyl (C=O) groups is 4. The second-order valence-corrected chi connectivity index (χ2v) is 6.41. The zero-order valence-electron chi connectivity index (χ0n) is 14.9. The SMILES string of the molecule is COC(=O)[C@@H](C)N1C(=O)S/C(=C/c2ccc(OCC(N)=O)c(OC)c2)C1=O. The summed E-state index contributed by atoms with van der Waals surface area (Å²) in [7, 11) is 2.60. The van der Waals surface area contributed by atoms with E-state index < -0.39 is 29.1 Å². The number of benzene rings is 1. The molecule has 2 rings (SSSR count). The molecule has 1 aliphatic rings. The number of thioether (sulfide) groups is 1. The van der Waals surface area contributed by atoms with Crippen molar-refractivity contribution < 1.29 is 33.4 Å². The molecule has 27 heavy (non-hydrogen) atoms. The second kappa shape index (κ2) is 8.58. The van der Waals surface area contributed by atoms with Crippen LogP contribution in [0.3, 0.4) is 0 Å². The molecule has 1 heterocycles. The summed E-state index contributed by atoms with van der Waals surface area (Å²) in [6.07, 6.45) is 1.50. The van der Waals surface area contributed by atoms with E-state index >= 15 is 0 Å². The number of hydrogen-bond acceptors (Lipinski definition) is 8. The average molecular weight is 394 g/mol. The third-order valence-corrected chi connectivity index (χ3v) is 4.49. The molecule has 10 heteroatoms. The fourth-order valence-electron chi connectivity index (χ4n) is 2.28. The minimum absolute atomic E-state index is 0.156. The van der Waals surface area contributed by atoms with Crippen LogP contribution in [-0.4, -0.2) is 54.8 Å². The van der Waals surface area contributed by atoms with E-state index in [2.05, 4.69) is 4.74 Å². The van der Waals surface area contributed by atoms with Gasteiger partial charge in [-0.15, -0.1) is 0 Å². The Morgan fingerprint density at radius 3 is 2.56 bits per heavy atom. The van der Waals surface area contributed by atoms with Gasteiger partial charge < -0.3 is 19.9 Å². The zero-order valence-corrected chi connectivity index (χ0v) is 15.7. The Morgan fingerprint density at radius 2 is 1.96 bits per heavy atom. The van der Waals surface area contributed by atoms with Gasteiger partial charge in [-0.2, -0.15) is 0 Å². The molecule has 3 amide bonds. The molecule has 0 bridgehead atoms. The molecule has 0 aliphatic carbocycles. The standard InChI is InChI=1S/C17H18N2O7S/c1-9(16(22)25-3)19-15(21)13(27-17(19)23)7-10-4-5-11(12(6-10)24-2)26-8-14(18)20/h4-7,9H,8H2,1-3H3,(H2,18,20)/b13-7+/t9-/m1/s1. The number of primary amides is 1. The van der Waals surface area contributed by atoms with E-state index in [1.54, 1.807) is 18.2 Å². The third-order valence-electron chi connectivity index (χ3n) is 3.61. The smallest absolute Gasteiger partial charge is 0.328 e. The van der Waals surface area contributed by atoms with Crippen LogP contribution in [-0.2, 0) is 19.1 Å². The molecular formula is C17H18N2O7S. The number of hydrogen-bond donors (Lipinski definition) is 1. The van der Waals surface area contributed by atoms with Gasteiger partial charge in [-0.25, -0.2) is 4.79 Å². The number of imide groups is 1. The maximum absolute atomic E-state index is 12.5. The van der Waals surface area contributed by atoms with E-state index in [1.807, 2.05) is 0 Å². The van der Waals surface area contributed by atoms with E-state index in [9.17, 15) is 19.2 Å². The van der Waals surface area contributed by atoms with E-state index in [4.69, 9.17) is 15.2 Å². The van der Waals surface area contributed by atoms with Crippen molar-refractivity contribution in [2.24, 2.45) is 5.73 Å². The number of rotatable bonds is 7. The Hall–Kier alpha value is -3.01. The van der Waals surface area contributed by atoms with Gasteiger partial charge in [-0.3, -0.25) is 19.3 Å². The van der Waals surface area contributed by atoms with Crippen LogP contribution in [0.4, 0.5) is 4.79 Å². The van der Waals surface area contributed by atoms with Gasteiger partial charge in [0.25, 0.3) is 17.1 Å². The molecular weight excluding hydrogens is 376 g/mol. The van der Waals surface area contributed by atoms with Crippen molar-refractivity contribution >= 4 is 40.9 Å². The summed E-state index contributed by atoms with van der Waals surface area (Å²) in [4.78, 5) is 48.0. The molecule has 144 valence electrons. The minimum atomic E-state index is -1.02. The Morgan fingerprint density at radius 1 is 1.26 bits per heavy atom. The van der Waals surface area contributed by atoms with Gasteiger partial charge in [-0.05, 0) is 42.5 Å². The highest BCUT2D eigenvalue weighted by molar-refractivity contribution is 8.18. The van der Waals surface area contributed by atoms with Gasteiger partial charge in [0.1, 0.15) is 6.04 Å². The van der Waals surface area contributed by atoms with Crippen LogP contribution in [0.5, 0.6) is 11.5 Å². The first kappa shape index (κ1) is 20.3. The number of nitrogens with two attached hydrogens (primary N) is 1. The van der Waals surface area contributed by atoms with Gasteiger partial charge in [0.2, 0.25) is 0 Å². The summed E-state index contributed by atoms with van der Waals surface area (Å²) in [5.74, 6) is -1.27. The monoisotopic (exact) mass is 394 g/mol. The Bertz CT molecular complexity index is 821. The number of methoxy groups -OCH3 is 2. The molecule has 0 radical (unpaired) electrons. The van der Waals surface area contributed by atoms with Gasteiger partial charge in [0.15, 0.2) is 18.1 Å². The first-order chi connectivity index (χ1) is 12.8. The minimum Gasteiger partial charge on any atom is -0.493 e. The molecule has 2 N–H and O–H groups in total. The number of nitrogens with zero attached hydrogens (tertiary/aromatic N) is 1. The normalized spacial score (nSPS) is 16.4. The molecule has 1 atom stereocenters. The number of amides is 3. The van der Waals surface area contributed by atoms with Crippen molar-refractivity contribution in [2.75, 3.05) is 20.8 Å². The van der Waals surface area contributed by atoms with Gasteiger partial charge >= 0.3 is 5.97 Å². The molecule has 1 aliphatic heterocycles. The fraction of sp³-hybridized carbons (Fsp3) is 0.294. The van der Waals surface area contributed by atoms with E-state index in [0.29, 0.717) is 17.1 Å². The van der Waals surface area contributed by atoms with Crippen molar-refractivity contribution in [1.82, 2.24) is 4.90 Å². The Kier molecular flexibility index (Phi) is 6.45. The van der Waals surface area contributed by atoms with Crippen LogP contribution >= 0.6 is 11.8 Å². The lowest BCUT2D eigenvalue weighted by Gasteiger charge is -2.18. The highest BCUT2D eigenvalue weighted by Crippen LogP contribution is 2.35. The maximum Gasteiger partial charge on any atom is 0.328 e. The molecule has 1 aromatic carbocycles. The quantitative estimate of drug-likeness (QED) is 0.539. The van der Waals surface area contributed by atoms with Crippen LogP contribution < -0.4 is 15.2 Å². The second-order valence-electron chi connectivity index (χ2n) is 5.42.